The Bertz CT molecular complexity index is 232. The molecule has 0 aliphatic carbocycles. The molecule has 1 unspecified atom stereocenters. The van der Waals surface area contributed by atoms with E-state index in [4.69, 9.17) is 13.4 Å². The third-order valence-electron chi connectivity index (χ3n) is 3.73. The van der Waals surface area contributed by atoms with Crippen LogP contribution in [0.1, 0.15) is 34.1 Å². The SMILES string of the molecule is CC[C@@H](B1OC(C)(C)[I-](C)(C)O1)C(C)CN. The van der Waals surface area contributed by atoms with Gasteiger partial charge in [0.25, 0.3) is 0 Å². The van der Waals surface area contributed by atoms with Crippen molar-refractivity contribution in [3.05, 3.63) is 0 Å². The van der Waals surface area contributed by atoms with Gasteiger partial charge >= 0.3 is 105 Å². The summed E-state index contributed by atoms with van der Waals surface area (Å²) in [4.78, 5) is 4.54. The van der Waals surface area contributed by atoms with E-state index in [9.17, 15) is 0 Å². The Balaban J connectivity index is 2.77. The summed E-state index contributed by atoms with van der Waals surface area (Å²) in [6.45, 7) is 9.42. The van der Waals surface area contributed by atoms with Crippen molar-refractivity contribution in [1.29, 1.82) is 0 Å². The van der Waals surface area contributed by atoms with Gasteiger partial charge in [0, 0.05) is 0 Å². The fourth-order valence-electron chi connectivity index (χ4n) is 1.92. The van der Waals surface area contributed by atoms with Crippen molar-refractivity contribution in [3.63, 3.8) is 0 Å². The molecule has 1 rings (SSSR count). The molecule has 0 spiro atoms. The fourth-order valence-corrected chi connectivity index (χ4v) is 5.13. The third-order valence-corrected chi connectivity index (χ3v) is 12.0. The Labute approximate surface area is 105 Å². The van der Waals surface area contributed by atoms with Crippen LogP contribution in [0, 0.1) is 5.92 Å². The number of halogens is 1. The summed E-state index contributed by atoms with van der Waals surface area (Å²) < 4.78 is 12.3. The van der Waals surface area contributed by atoms with E-state index in [0.29, 0.717) is 18.3 Å². The summed E-state index contributed by atoms with van der Waals surface area (Å²) in [5.41, 5.74) is 5.75. The minimum atomic E-state index is -2.17. The Morgan fingerprint density at radius 3 is 2.25 bits per heavy atom. The molecule has 1 fully saturated rings. The molecule has 2 N–H and O–H groups in total. The quantitative estimate of drug-likeness (QED) is 0.404. The van der Waals surface area contributed by atoms with Crippen LogP contribution < -0.4 is 24.6 Å². The summed E-state index contributed by atoms with van der Waals surface area (Å²) in [5.74, 6) is 0.885. The molecule has 0 aromatic rings. The summed E-state index contributed by atoms with van der Waals surface area (Å²) in [6, 6.07) is 0. The van der Waals surface area contributed by atoms with Gasteiger partial charge in [0.1, 0.15) is 0 Å². The fraction of sp³-hybridized carbons (Fsp3) is 1.00. The first kappa shape index (κ1) is 14.7. The number of rotatable bonds is 4. The van der Waals surface area contributed by atoms with Crippen molar-refractivity contribution >= 4 is 7.12 Å². The normalized spacial score (nSPS) is 28.8. The molecule has 0 radical (unpaired) electrons. The molecule has 2 atom stereocenters. The second kappa shape index (κ2) is 5.12. The topological polar surface area (TPSA) is 44.5 Å². The monoisotopic (exact) mass is 342 g/mol. The van der Waals surface area contributed by atoms with E-state index in [1.165, 1.54) is 0 Å². The van der Waals surface area contributed by atoms with E-state index in [2.05, 4.69) is 37.6 Å². The van der Waals surface area contributed by atoms with E-state index in [-0.39, 0.29) is 10.7 Å². The zero-order chi connectivity index (χ0) is 12.6. The molecule has 0 amide bonds. The van der Waals surface area contributed by atoms with Crippen molar-refractivity contribution in [3.8, 4) is 0 Å². The maximum absolute atomic E-state index is 6.24. The molecule has 5 heteroatoms. The molecular formula is C11H26BINO2-. The maximum atomic E-state index is 6.24. The molecule has 0 saturated carbocycles. The second-order valence-electron chi connectivity index (χ2n) is 5.37. The molecule has 1 heterocycles. The predicted octanol–water partition coefficient (Wildman–Crippen LogP) is -1.03. The van der Waals surface area contributed by atoms with Crippen LogP contribution in [0.2, 0.25) is 5.82 Å². The molecule has 0 aromatic carbocycles. The van der Waals surface area contributed by atoms with Crippen LogP contribution in [-0.2, 0) is 7.64 Å². The van der Waals surface area contributed by atoms with Crippen LogP contribution in [0.3, 0.4) is 0 Å². The van der Waals surface area contributed by atoms with Gasteiger partial charge in [-0.15, -0.1) is 0 Å². The summed E-state index contributed by atoms with van der Waals surface area (Å²) in [5, 5.41) is 0. The number of alkyl halides is 3. The molecule has 3 nitrogen and oxygen atoms in total. The Morgan fingerprint density at radius 2 is 1.94 bits per heavy atom. The van der Waals surface area contributed by atoms with Crippen molar-refractivity contribution in [1.82, 2.24) is 0 Å². The van der Waals surface area contributed by atoms with Crippen molar-refractivity contribution in [2.75, 3.05) is 16.4 Å². The van der Waals surface area contributed by atoms with E-state index >= 15 is 0 Å². The molecular weight excluding hydrogens is 316 g/mol. The van der Waals surface area contributed by atoms with E-state index < -0.39 is 18.8 Å². The summed E-state index contributed by atoms with van der Waals surface area (Å²) in [6.07, 6.45) is 1.07. The number of hydrogen-bond acceptors (Lipinski definition) is 3. The minimum absolute atomic E-state index is 0.0371. The molecule has 16 heavy (non-hydrogen) atoms. The first-order valence-electron chi connectivity index (χ1n) is 5.95. The van der Waals surface area contributed by atoms with Gasteiger partial charge in [0.15, 0.2) is 0 Å². The van der Waals surface area contributed by atoms with Gasteiger partial charge in [-0.2, -0.15) is 0 Å². The Kier molecular flexibility index (Phi) is 4.72. The van der Waals surface area contributed by atoms with E-state index in [1.54, 1.807) is 0 Å². The molecule has 98 valence electrons. The van der Waals surface area contributed by atoms with Gasteiger partial charge in [0.05, 0.1) is 0 Å². The van der Waals surface area contributed by atoms with Crippen LogP contribution in [0.25, 0.3) is 0 Å². The van der Waals surface area contributed by atoms with E-state index in [1.807, 2.05) is 0 Å². The average Bonchev–Trinajstić information content (AvgIpc) is 2.36. The van der Waals surface area contributed by atoms with Crippen LogP contribution in [0.4, 0.5) is 0 Å². The Hall–Kier alpha value is 0.675. The first-order chi connectivity index (χ1) is 7.25. The first-order valence-corrected chi connectivity index (χ1v) is 12.2. The number of hydrogen-bond donors (Lipinski definition) is 1. The van der Waals surface area contributed by atoms with Gasteiger partial charge in [0.2, 0.25) is 0 Å². The molecule has 1 saturated heterocycles. The van der Waals surface area contributed by atoms with E-state index in [0.717, 1.165) is 6.42 Å². The molecule has 1 aliphatic heterocycles. The molecule has 1 aliphatic rings. The van der Waals surface area contributed by atoms with Gasteiger partial charge in [-0.25, -0.2) is 0 Å². The molecule has 0 bridgehead atoms. The third kappa shape index (κ3) is 2.74. The summed E-state index contributed by atoms with van der Waals surface area (Å²) >= 11 is -2.17. The average molecular weight is 342 g/mol. The predicted molar refractivity (Wildman–Crippen MR) is 66.1 cm³/mol. The van der Waals surface area contributed by atoms with Gasteiger partial charge in [-0.05, 0) is 0 Å². The van der Waals surface area contributed by atoms with Crippen LogP contribution in [0.5, 0.6) is 0 Å². The van der Waals surface area contributed by atoms with Crippen LogP contribution >= 0.6 is 0 Å². The van der Waals surface area contributed by atoms with Crippen molar-refractivity contribution < 1.29 is 26.5 Å². The number of nitrogens with two attached hydrogens (primary N) is 1. The van der Waals surface area contributed by atoms with Crippen LogP contribution in [-0.4, -0.2) is 27.1 Å². The Morgan fingerprint density at radius 1 is 1.38 bits per heavy atom. The van der Waals surface area contributed by atoms with Crippen molar-refractivity contribution in [2.45, 2.75) is 43.5 Å². The van der Waals surface area contributed by atoms with Gasteiger partial charge < -0.3 is 0 Å². The zero-order valence-corrected chi connectivity index (χ0v) is 13.6. The van der Waals surface area contributed by atoms with Gasteiger partial charge in [-0.3, -0.25) is 0 Å². The standard InChI is InChI=1S/C11H26BINO2/c1-7-10(9(2)8-14)12-15-11(3,4)13(5,6)16-12/h9-10H,7-8,14H2,1-6H3/q-1/t9?,10-/m1/s1. The second-order valence-corrected chi connectivity index (χ2v) is 15.0. The van der Waals surface area contributed by atoms with Crippen molar-refractivity contribution in [2.24, 2.45) is 11.7 Å². The zero-order valence-electron chi connectivity index (χ0n) is 11.4. The van der Waals surface area contributed by atoms with Gasteiger partial charge in [-0.1, -0.05) is 0 Å². The van der Waals surface area contributed by atoms with Crippen LogP contribution in [0.15, 0.2) is 0 Å². The summed E-state index contributed by atoms with van der Waals surface area (Å²) in [7, 11) is -0.0371. The molecule has 0 aromatic heterocycles.